The number of ether oxygens (including phenoxy) is 1. The van der Waals surface area contributed by atoms with Crippen LogP contribution in [0.2, 0.25) is 0 Å². The predicted octanol–water partition coefficient (Wildman–Crippen LogP) is 5.73. The third kappa shape index (κ3) is 4.24. The highest BCUT2D eigenvalue weighted by molar-refractivity contribution is 6.00. The number of likely N-dealkylation sites (N-methyl/N-ethyl adjacent to an activating group) is 1. The molecule has 0 amide bonds. The minimum atomic E-state index is 0.432. The summed E-state index contributed by atoms with van der Waals surface area (Å²) in [6.07, 6.45) is 11.4. The number of nitrogens with zero attached hydrogens (tertiary/aromatic N) is 5. The lowest BCUT2D eigenvalue weighted by Gasteiger charge is -2.45. The van der Waals surface area contributed by atoms with Crippen LogP contribution < -0.4 is 10.5 Å². The van der Waals surface area contributed by atoms with Crippen LogP contribution >= 0.6 is 0 Å². The quantitative estimate of drug-likeness (QED) is 0.371. The van der Waals surface area contributed by atoms with Crippen molar-refractivity contribution in [2.45, 2.75) is 62.7 Å². The van der Waals surface area contributed by atoms with Gasteiger partial charge in [0.25, 0.3) is 0 Å². The van der Waals surface area contributed by atoms with Crippen LogP contribution in [-0.4, -0.2) is 62.6 Å². The molecule has 1 aliphatic carbocycles. The van der Waals surface area contributed by atoms with Gasteiger partial charge in [0.1, 0.15) is 29.3 Å². The first-order valence-corrected chi connectivity index (χ1v) is 14.0. The summed E-state index contributed by atoms with van der Waals surface area (Å²) in [6, 6.07) is 20.7. The van der Waals surface area contributed by atoms with E-state index in [1.54, 1.807) is 6.33 Å². The summed E-state index contributed by atoms with van der Waals surface area (Å²) in [5, 5.41) is 0.946. The number of piperazine rings is 1. The monoisotopic (exact) mass is 508 g/mol. The first-order chi connectivity index (χ1) is 18.6. The number of hydrogen-bond acceptors (Lipinski definition) is 6. The van der Waals surface area contributed by atoms with Crippen LogP contribution in [0.3, 0.4) is 0 Å². The molecule has 2 aliphatic heterocycles. The zero-order chi connectivity index (χ0) is 25.6. The summed E-state index contributed by atoms with van der Waals surface area (Å²) < 4.78 is 8.38. The zero-order valence-corrected chi connectivity index (χ0v) is 22.0. The van der Waals surface area contributed by atoms with Crippen LogP contribution in [0.15, 0.2) is 67.1 Å². The molecule has 196 valence electrons. The maximum absolute atomic E-state index is 6.43. The molecule has 4 aromatic rings. The average Bonchev–Trinajstić information content (AvgIpc) is 3.42. The lowest BCUT2D eigenvalue weighted by Crippen LogP contribution is -2.55. The predicted molar refractivity (Wildman–Crippen MR) is 151 cm³/mol. The standard InChI is InChI=1S/C31H36N6O/c1-35-24-13-14-25(35)18-36(17-24)22-9-11-23(12-10-22)37-19-28(29-30(32)33-20-34-31(29)37)21-7-15-27(16-8-21)38-26-5-3-2-4-6-26/h2-8,15-16,19-20,22-25H,9-14,17-18H2,1H3,(H2,32,33,34)/t22-,23-,24-,25+. The number of hydrogen-bond donors (Lipinski definition) is 1. The van der Waals surface area contributed by atoms with E-state index < -0.39 is 0 Å². The first-order valence-electron chi connectivity index (χ1n) is 14.0. The molecule has 7 heteroatoms. The Labute approximate surface area is 224 Å². The molecule has 2 aromatic heterocycles. The van der Waals surface area contributed by atoms with Crippen molar-refractivity contribution in [3.8, 4) is 22.6 Å². The molecule has 1 saturated carbocycles. The van der Waals surface area contributed by atoms with E-state index in [1.807, 2.05) is 42.5 Å². The fourth-order valence-electron chi connectivity index (χ4n) is 7.08. The van der Waals surface area contributed by atoms with E-state index in [2.05, 4.69) is 44.7 Å². The van der Waals surface area contributed by atoms with E-state index in [0.29, 0.717) is 17.9 Å². The van der Waals surface area contributed by atoms with Crippen molar-refractivity contribution in [2.75, 3.05) is 25.9 Å². The lowest BCUT2D eigenvalue weighted by atomic mass is 9.89. The zero-order valence-electron chi connectivity index (χ0n) is 22.0. The topological polar surface area (TPSA) is 72.4 Å². The van der Waals surface area contributed by atoms with Gasteiger partial charge in [-0.2, -0.15) is 0 Å². The van der Waals surface area contributed by atoms with Gasteiger partial charge in [-0.3, -0.25) is 9.80 Å². The Bertz CT molecular complexity index is 1400. The number of nitrogen functional groups attached to an aromatic ring is 1. The van der Waals surface area contributed by atoms with E-state index in [-0.39, 0.29) is 0 Å². The molecule has 4 heterocycles. The van der Waals surface area contributed by atoms with Gasteiger partial charge in [0, 0.05) is 49.0 Å². The van der Waals surface area contributed by atoms with E-state index in [4.69, 9.17) is 15.5 Å². The molecule has 0 spiro atoms. The van der Waals surface area contributed by atoms with Gasteiger partial charge in [0.2, 0.25) is 0 Å². The molecule has 3 aliphatic rings. The van der Waals surface area contributed by atoms with Crippen molar-refractivity contribution < 1.29 is 4.74 Å². The van der Waals surface area contributed by atoms with Gasteiger partial charge >= 0.3 is 0 Å². The normalized spacial score (nSPS) is 26.1. The SMILES string of the molecule is CN1[C@@H]2CC[C@H]1CN([C@H]1CC[C@H](n3cc(-c4ccc(Oc5ccccc5)cc4)c4c(N)ncnc43)CC1)C2. The summed E-state index contributed by atoms with van der Waals surface area (Å²) in [4.78, 5) is 14.5. The minimum Gasteiger partial charge on any atom is -0.457 e. The van der Waals surface area contributed by atoms with Crippen LogP contribution in [-0.2, 0) is 0 Å². The second-order valence-corrected chi connectivity index (χ2v) is 11.3. The molecule has 38 heavy (non-hydrogen) atoms. The van der Waals surface area contributed by atoms with Gasteiger partial charge in [0.05, 0.1) is 5.39 Å². The summed E-state index contributed by atoms with van der Waals surface area (Å²) in [5.41, 5.74) is 9.55. The molecule has 2 N–H and O–H groups in total. The van der Waals surface area contributed by atoms with Gasteiger partial charge in [-0.25, -0.2) is 9.97 Å². The molecule has 0 unspecified atom stereocenters. The third-order valence-corrected chi connectivity index (χ3v) is 9.23. The number of likely N-dealkylation sites (tertiary alicyclic amines) is 1. The smallest absolute Gasteiger partial charge is 0.146 e. The van der Waals surface area contributed by atoms with Crippen molar-refractivity contribution in [1.29, 1.82) is 0 Å². The molecule has 2 bridgehead atoms. The summed E-state index contributed by atoms with van der Waals surface area (Å²) in [6.45, 7) is 2.49. The van der Waals surface area contributed by atoms with Crippen molar-refractivity contribution in [3.63, 3.8) is 0 Å². The largest absolute Gasteiger partial charge is 0.457 e. The molecule has 2 atom stereocenters. The molecule has 7 rings (SSSR count). The third-order valence-electron chi connectivity index (χ3n) is 9.23. The highest BCUT2D eigenvalue weighted by Gasteiger charge is 2.40. The van der Waals surface area contributed by atoms with E-state index in [0.717, 1.165) is 45.7 Å². The van der Waals surface area contributed by atoms with Gasteiger partial charge in [-0.15, -0.1) is 0 Å². The summed E-state index contributed by atoms with van der Waals surface area (Å²) in [7, 11) is 2.32. The van der Waals surface area contributed by atoms with Crippen molar-refractivity contribution in [3.05, 3.63) is 67.1 Å². The van der Waals surface area contributed by atoms with Crippen molar-refractivity contribution >= 4 is 16.9 Å². The van der Waals surface area contributed by atoms with Gasteiger partial charge in [0.15, 0.2) is 0 Å². The Morgan fingerprint density at radius 2 is 1.39 bits per heavy atom. The number of benzene rings is 2. The highest BCUT2D eigenvalue weighted by atomic mass is 16.5. The number of aromatic nitrogens is 3. The van der Waals surface area contributed by atoms with E-state index >= 15 is 0 Å². The molecule has 3 fully saturated rings. The number of fused-ring (bicyclic) bond motifs is 3. The molecule has 7 nitrogen and oxygen atoms in total. The molecule has 2 aromatic carbocycles. The average molecular weight is 509 g/mol. The number of anilines is 1. The van der Waals surface area contributed by atoms with E-state index in [1.165, 1.54) is 51.6 Å². The fraction of sp³-hybridized carbons (Fsp3) is 0.419. The van der Waals surface area contributed by atoms with Crippen molar-refractivity contribution in [1.82, 2.24) is 24.3 Å². The summed E-state index contributed by atoms with van der Waals surface area (Å²) >= 11 is 0. The molecule has 0 radical (unpaired) electrons. The van der Waals surface area contributed by atoms with Crippen molar-refractivity contribution in [2.24, 2.45) is 0 Å². The molecular formula is C31H36N6O. The highest BCUT2D eigenvalue weighted by Crippen LogP contribution is 2.40. The van der Waals surface area contributed by atoms with Crippen LogP contribution in [0.25, 0.3) is 22.2 Å². The van der Waals surface area contributed by atoms with Gasteiger partial charge in [-0.1, -0.05) is 30.3 Å². The van der Waals surface area contributed by atoms with Gasteiger partial charge < -0.3 is 15.0 Å². The van der Waals surface area contributed by atoms with Crippen LogP contribution in [0, 0.1) is 0 Å². The second kappa shape index (κ2) is 9.71. The number of para-hydroxylation sites is 1. The van der Waals surface area contributed by atoms with Gasteiger partial charge in [-0.05, 0) is 75.4 Å². The molecule has 2 saturated heterocycles. The maximum Gasteiger partial charge on any atom is 0.146 e. The maximum atomic E-state index is 6.43. The van der Waals surface area contributed by atoms with E-state index in [9.17, 15) is 0 Å². The molecular weight excluding hydrogens is 472 g/mol. The Hall–Kier alpha value is -3.42. The Balaban J connectivity index is 1.11. The minimum absolute atomic E-state index is 0.432. The Kier molecular flexibility index (Phi) is 6.05. The lowest BCUT2D eigenvalue weighted by molar-refractivity contribution is 0.0400. The van der Waals surface area contributed by atoms with Crippen LogP contribution in [0.4, 0.5) is 5.82 Å². The summed E-state index contributed by atoms with van der Waals surface area (Å²) in [5.74, 6) is 2.17. The van der Waals surface area contributed by atoms with Crippen LogP contribution in [0.1, 0.15) is 44.6 Å². The fourth-order valence-corrected chi connectivity index (χ4v) is 7.08. The van der Waals surface area contributed by atoms with Crippen LogP contribution in [0.5, 0.6) is 11.5 Å². The second-order valence-electron chi connectivity index (χ2n) is 11.3. The Morgan fingerprint density at radius 3 is 2.11 bits per heavy atom. The number of nitrogens with two attached hydrogens (primary N) is 1. The Morgan fingerprint density at radius 1 is 0.763 bits per heavy atom. The number of rotatable bonds is 5. The first kappa shape index (κ1) is 23.7.